The first kappa shape index (κ1) is 30.6. The molecule has 5 heteroatoms. The van der Waals surface area contributed by atoms with Gasteiger partial charge in [0.05, 0.1) is 26.4 Å². The summed E-state index contributed by atoms with van der Waals surface area (Å²) in [4.78, 5) is 0. The lowest BCUT2D eigenvalue weighted by atomic mass is 9.66. The largest absolute Gasteiger partial charge is 0.494 e. The Balaban J connectivity index is 1.11. The maximum Gasteiger partial charge on any atom is 0.203 e. The molecule has 222 valence electrons. The minimum absolute atomic E-state index is 0.275. The van der Waals surface area contributed by atoms with Crippen LogP contribution in [0.15, 0.2) is 36.3 Å². The van der Waals surface area contributed by atoms with Crippen LogP contribution in [0.25, 0.3) is 0 Å². The molecule has 1 heterocycles. The van der Waals surface area contributed by atoms with Gasteiger partial charge in [-0.15, -0.1) is 0 Å². The second kappa shape index (κ2) is 15.0. The number of ether oxygens (including phenoxy) is 3. The Bertz CT molecular complexity index is 806. The van der Waals surface area contributed by atoms with E-state index in [2.05, 4.69) is 24.8 Å². The Kier molecular flexibility index (Phi) is 11.8. The van der Waals surface area contributed by atoms with E-state index in [-0.39, 0.29) is 11.5 Å². The molecular formula is C34H54F2O3. The van der Waals surface area contributed by atoms with Crippen LogP contribution in [-0.2, 0) is 14.2 Å². The van der Waals surface area contributed by atoms with Crippen LogP contribution in [0.2, 0.25) is 0 Å². The third-order valence-corrected chi connectivity index (χ3v) is 10.9. The van der Waals surface area contributed by atoms with Crippen molar-refractivity contribution in [1.82, 2.24) is 0 Å². The first-order valence-electron chi connectivity index (χ1n) is 16.1. The number of allylic oxidation sites excluding steroid dienone is 2. The fourth-order valence-corrected chi connectivity index (χ4v) is 8.32. The third-order valence-electron chi connectivity index (χ3n) is 10.9. The quantitative estimate of drug-likeness (QED) is 0.190. The van der Waals surface area contributed by atoms with Crippen molar-refractivity contribution >= 4 is 0 Å². The molecule has 4 rings (SSSR count). The van der Waals surface area contributed by atoms with Crippen LogP contribution in [0, 0.1) is 41.4 Å². The fraction of sp³-hybridized carbons (Fsp3) is 0.824. The Labute approximate surface area is 236 Å². The molecule has 3 aliphatic carbocycles. The Morgan fingerprint density at radius 2 is 1.15 bits per heavy atom. The molecule has 4 aliphatic rings. The number of hydrogen-bond donors (Lipinski definition) is 0. The molecule has 0 amide bonds. The first-order chi connectivity index (χ1) is 18.9. The molecule has 3 saturated carbocycles. The van der Waals surface area contributed by atoms with Crippen molar-refractivity contribution in [2.24, 2.45) is 41.4 Å². The summed E-state index contributed by atoms with van der Waals surface area (Å²) in [5.41, 5.74) is 0. The topological polar surface area (TPSA) is 27.7 Å². The van der Waals surface area contributed by atoms with Crippen LogP contribution in [0.4, 0.5) is 8.78 Å². The summed E-state index contributed by atoms with van der Waals surface area (Å²) in [7, 11) is 1.25. The van der Waals surface area contributed by atoms with E-state index >= 15 is 0 Å². The van der Waals surface area contributed by atoms with Gasteiger partial charge in [-0.05, 0) is 118 Å². The van der Waals surface area contributed by atoms with E-state index in [1.807, 2.05) is 0 Å². The van der Waals surface area contributed by atoms with Crippen molar-refractivity contribution in [2.75, 3.05) is 20.3 Å². The van der Waals surface area contributed by atoms with Crippen LogP contribution in [0.5, 0.6) is 0 Å². The Morgan fingerprint density at radius 3 is 1.69 bits per heavy atom. The van der Waals surface area contributed by atoms with Gasteiger partial charge in [0.2, 0.25) is 11.7 Å². The van der Waals surface area contributed by atoms with E-state index in [9.17, 15) is 8.78 Å². The van der Waals surface area contributed by atoms with Gasteiger partial charge in [0.1, 0.15) is 0 Å². The third kappa shape index (κ3) is 8.33. The highest BCUT2D eigenvalue weighted by molar-refractivity contribution is 5.29. The highest BCUT2D eigenvalue weighted by Gasteiger charge is 2.37. The van der Waals surface area contributed by atoms with E-state index in [0.717, 1.165) is 55.0 Å². The molecule has 0 radical (unpaired) electrons. The second-order valence-corrected chi connectivity index (χ2v) is 13.2. The first-order valence-corrected chi connectivity index (χ1v) is 16.1. The molecule has 0 aromatic heterocycles. The van der Waals surface area contributed by atoms with E-state index in [1.54, 1.807) is 0 Å². The Hall–Kier alpha value is -1.36. The molecule has 0 bridgehead atoms. The number of rotatable bonds is 11. The minimum atomic E-state index is -1.15. The highest BCUT2D eigenvalue weighted by Crippen LogP contribution is 2.45. The van der Waals surface area contributed by atoms with Crippen molar-refractivity contribution in [3.63, 3.8) is 0 Å². The highest BCUT2D eigenvalue weighted by atomic mass is 19.2. The van der Waals surface area contributed by atoms with Crippen molar-refractivity contribution in [1.29, 1.82) is 0 Å². The number of halogens is 2. The zero-order valence-electron chi connectivity index (χ0n) is 24.7. The van der Waals surface area contributed by atoms with E-state index in [4.69, 9.17) is 9.47 Å². The van der Waals surface area contributed by atoms with Gasteiger partial charge in [-0.2, -0.15) is 8.78 Å². The summed E-state index contributed by atoms with van der Waals surface area (Å²) < 4.78 is 44.7. The summed E-state index contributed by atoms with van der Waals surface area (Å²) in [6, 6.07) is 0. The fourth-order valence-electron chi connectivity index (χ4n) is 8.32. The summed E-state index contributed by atoms with van der Waals surface area (Å²) in [5.74, 6) is 2.57. The SMILES string of the molecule is C=C(OC)/C(F)=C(/F)C(=C)OCC1CCC(C2CCC(C3CCC(C4CCC(CCC)CC4)OC3)CC2)CC1. The summed E-state index contributed by atoms with van der Waals surface area (Å²) in [6.45, 7) is 10.6. The van der Waals surface area contributed by atoms with Gasteiger partial charge in [-0.25, -0.2) is 0 Å². The van der Waals surface area contributed by atoms with Gasteiger partial charge in [0, 0.05) is 0 Å². The second-order valence-electron chi connectivity index (χ2n) is 13.2. The van der Waals surface area contributed by atoms with Crippen LogP contribution in [-0.4, -0.2) is 26.4 Å². The van der Waals surface area contributed by atoms with Gasteiger partial charge in [-0.3, -0.25) is 0 Å². The van der Waals surface area contributed by atoms with Gasteiger partial charge in [0.15, 0.2) is 11.5 Å². The average molecular weight is 549 g/mol. The molecule has 0 aromatic carbocycles. The van der Waals surface area contributed by atoms with Crippen molar-refractivity contribution in [3.05, 3.63) is 36.3 Å². The molecule has 39 heavy (non-hydrogen) atoms. The van der Waals surface area contributed by atoms with E-state index < -0.39 is 11.7 Å². The maximum atomic E-state index is 14.1. The molecule has 2 unspecified atom stereocenters. The molecule has 2 atom stereocenters. The molecule has 3 nitrogen and oxygen atoms in total. The normalized spacial score (nSPS) is 36.5. The molecule has 1 saturated heterocycles. The van der Waals surface area contributed by atoms with Gasteiger partial charge < -0.3 is 14.2 Å². The van der Waals surface area contributed by atoms with Gasteiger partial charge >= 0.3 is 0 Å². The maximum absolute atomic E-state index is 14.1. The standard InChI is InChI=1S/C34H54F2O3/c1-5-6-25-7-13-30(14-8-25)32-20-19-31(22-39-32)29-17-15-28(16-18-29)27-11-9-26(10-12-27)21-38-24(3)34(36)33(35)23(2)37-4/h25-32H,2-3,5-22H2,1,4H3/b34-33-. The zero-order chi connectivity index (χ0) is 27.8. The predicted molar refractivity (Wildman–Crippen MR) is 154 cm³/mol. The van der Waals surface area contributed by atoms with E-state index in [1.165, 1.54) is 97.0 Å². The molecule has 1 aliphatic heterocycles. The molecule has 0 N–H and O–H groups in total. The van der Waals surface area contributed by atoms with Crippen molar-refractivity contribution < 1.29 is 23.0 Å². The summed E-state index contributed by atoms with van der Waals surface area (Å²) >= 11 is 0. The zero-order valence-corrected chi connectivity index (χ0v) is 24.7. The molecular weight excluding hydrogens is 494 g/mol. The predicted octanol–water partition coefficient (Wildman–Crippen LogP) is 9.84. The van der Waals surface area contributed by atoms with E-state index in [0.29, 0.717) is 18.6 Å². The smallest absolute Gasteiger partial charge is 0.203 e. The number of hydrogen-bond acceptors (Lipinski definition) is 3. The Morgan fingerprint density at radius 1 is 0.667 bits per heavy atom. The summed E-state index contributed by atoms with van der Waals surface area (Å²) in [5, 5.41) is 0. The van der Waals surface area contributed by atoms with Crippen LogP contribution < -0.4 is 0 Å². The molecule has 4 fully saturated rings. The van der Waals surface area contributed by atoms with Crippen LogP contribution in [0.1, 0.15) is 110 Å². The van der Waals surface area contributed by atoms with Gasteiger partial charge in [-0.1, -0.05) is 45.8 Å². The van der Waals surface area contributed by atoms with Crippen LogP contribution in [0.3, 0.4) is 0 Å². The van der Waals surface area contributed by atoms with Gasteiger partial charge in [0.25, 0.3) is 0 Å². The lowest BCUT2D eigenvalue weighted by Crippen LogP contribution is -2.37. The van der Waals surface area contributed by atoms with Crippen molar-refractivity contribution in [2.45, 2.75) is 116 Å². The monoisotopic (exact) mass is 548 g/mol. The number of methoxy groups -OCH3 is 1. The average Bonchev–Trinajstić information content (AvgIpc) is 2.99. The van der Waals surface area contributed by atoms with Crippen LogP contribution >= 0.6 is 0 Å². The minimum Gasteiger partial charge on any atom is -0.494 e. The van der Waals surface area contributed by atoms with Crippen molar-refractivity contribution in [3.8, 4) is 0 Å². The summed E-state index contributed by atoms with van der Waals surface area (Å²) in [6.07, 6.45) is 21.7. The molecule has 0 aromatic rings. The lowest BCUT2D eigenvalue weighted by molar-refractivity contribution is -0.0750. The lowest BCUT2D eigenvalue weighted by Gasteiger charge is -2.43. The molecule has 0 spiro atoms.